The molecule has 3 aromatic rings. The van der Waals surface area contributed by atoms with E-state index in [1.165, 1.54) is 6.21 Å². The molecule has 1 amide bonds. The second-order valence-electron chi connectivity index (χ2n) is 4.84. The lowest BCUT2D eigenvalue weighted by Crippen LogP contribution is -2.17. The van der Waals surface area contributed by atoms with Crippen molar-refractivity contribution in [1.82, 2.24) is 15.6 Å². The number of halogens is 1. The van der Waals surface area contributed by atoms with E-state index in [0.29, 0.717) is 16.5 Å². The summed E-state index contributed by atoms with van der Waals surface area (Å²) < 4.78 is 5.64. The van der Waals surface area contributed by atoms with Crippen molar-refractivity contribution in [3.05, 3.63) is 64.6 Å². The molecule has 3 rings (SSSR count). The van der Waals surface area contributed by atoms with Crippen molar-refractivity contribution in [2.24, 2.45) is 5.10 Å². The summed E-state index contributed by atoms with van der Waals surface area (Å²) in [7, 11) is 0. The number of nitrogens with one attached hydrogen (secondary N) is 2. The highest BCUT2D eigenvalue weighted by Crippen LogP contribution is 2.23. The Kier molecular flexibility index (Phi) is 4.25. The first-order valence-electron chi connectivity index (χ1n) is 6.83. The van der Waals surface area contributed by atoms with Crippen molar-refractivity contribution in [1.29, 1.82) is 0 Å². The van der Waals surface area contributed by atoms with Crippen LogP contribution < -0.4 is 5.43 Å². The van der Waals surface area contributed by atoms with Gasteiger partial charge >= 0.3 is 0 Å². The number of carbonyl (C=O) groups excluding carboxylic acids is 1. The van der Waals surface area contributed by atoms with Gasteiger partial charge in [0, 0.05) is 16.3 Å². The highest BCUT2D eigenvalue weighted by molar-refractivity contribution is 6.30. The number of H-pyrrole nitrogens is 1. The van der Waals surface area contributed by atoms with Crippen LogP contribution in [0.1, 0.15) is 21.9 Å². The highest BCUT2D eigenvalue weighted by atomic mass is 35.5. The summed E-state index contributed by atoms with van der Waals surface area (Å²) in [6.45, 7) is 1.81. The third kappa shape index (κ3) is 3.67. The van der Waals surface area contributed by atoms with Gasteiger partial charge in [-0.05, 0) is 49.4 Å². The molecule has 0 aliphatic carbocycles. The van der Waals surface area contributed by atoms with Crippen LogP contribution in [0.2, 0.25) is 5.02 Å². The number of hydrogen-bond acceptors (Lipinski definition) is 4. The van der Waals surface area contributed by atoms with Crippen LogP contribution in [-0.2, 0) is 0 Å². The van der Waals surface area contributed by atoms with Crippen molar-refractivity contribution >= 4 is 23.7 Å². The van der Waals surface area contributed by atoms with Gasteiger partial charge in [0.2, 0.25) is 0 Å². The first-order chi connectivity index (χ1) is 11.1. The minimum atomic E-state index is -0.393. The summed E-state index contributed by atoms with van der Waals surface area (Å²) in [5.74, 6) is 0.820. The summed E-state index contributed by atoms with van der Waals surface area (Å²) in [4.78, 5) is 11.8. The molecule has 2 aromatic heterocycles. The summed E-state index contributed by atoms with van der Waals surface area (Å²) >= 11 is 5.86. The average molecular weight is 329 g/mol. The Labute approximate surface area is 137 Å². The number of aromatic nitrogens is 2. The number of amides is 1. The van der Waals surface area contributed by atoms with Crippen LogP contribution in [0.3, 0.4) is 0 Å². The van der Waals surface area contributed by atoms with Gasteiger partial charge in [-0.25, -0.2) is 5.43 Å². The zero-order chi connectivity index (χ0) is 16.2. The van der Waals surface area contributed by atoms with E-state index in [-0.39, 0.29) is 5.69 Å². The lowest BCUT2D eigenvalue weighted by Gasteiger charge is -1.96. The first-order valence-corrected chi connectivity index (χ1v) is 7.21. The molecule has 2 N–H and O–H groups in total. The van der Waals surface area contributed by atoms with E-state index in [9.17, 15) is 4.79 Å². The number of aromatic amines is 1. The van der Waals surface area contributed by atoms with Crippen LogP contribution in [0, 0.1) is 6.92 Å². The van der Waals surface area contributed by atoms with Crippen LogP contribution in [0.25, 0.3) is 11.3 Å². The number of nitrogens with zero attached hydrogens (tertiary/aromatic N) is 2. The Bertz CT molecular complexity index is 849. The van der Waals surface area contributed by atoms with Crippen molar-refractivity contribution in [2.75, 3.05) is 0 Å². The van der Waals surface area contributed by atoms with Crippen LogP contribution >= 0.6 is 11.6 Å². The van der Waals surface area contributed by atoms with Crippen molar-refractivity contribution in [3.8, 4) is 11.3 Å². The molecule has 0 saturated heterocycles. The van der Waals surface area contributed by atoms with Gasteiger partial charge in [-0.15, -0.1) is 0 Å². The van der Waals surface area contributed by atoms with E-state index in [0.717, 1.165) is 11.3 Å². The zero-order valence-corrected chi connectivity index (χ0v) is 13.0. The molecule has 0 saturated carbocycles. The molecule has 0 aliphatic rings. The van der Waals surface area contributed by atoms with Gasteiger partial charge in [-0.1, -0.05) is 11.6 Å². The van der Waals surface area contributed by atoms with Crippen molar-refractivity contribution in [3.63, 3.8) is 0 Å². The molecule has 0 atom stereocenters. The molecule has 6 nitrogen and oxygen atoms in total. The molecule has 0 fully saturated rings. The molecular weight excluding hydrogens is 316 g/mol. The lowest BCUT2D eigenvalue weighted by atomic mass is 10.2. The number of hydrazone groups is 1. The van der Waals surface area contributed by atoms with Gasteiger partial charge in [-0.3, -0.25) is 9.89 Å². The SMILES string of the molecule is Cc1cc(C(=O)N/N=C\c2ccc(-c3ccc(Cl)cc3)o2)n[nH]1. The molecule has 7 heteroatoms. The van der Waals surface area contributed by atoms with Gasteiger partial charge in [0.15, 0.2) is 5.69 Å². The number of aryl methyl sites for hydroxylation is 1. The Morgan fingerprint density at radius 2 is 2.09 bits per heavy atom. The van der Waals surface area contributed by atoms with E-state index in [1.54, 1.807) is 24.3 Å². The monoisotopic (exact) mass is 328 g/mol. The molecule has 2 heterocycles. The second-order valence-corrected chi connectivity index (χ2v) is 5.28. The maximum atomic E-state index is 11.8. The fourth-order valence-electron chi connectivity index (χ4n) is 1.94. The molecule has 0 aliphatic heterocycles. The quantitative estimate of drug-likeness (QED) is 0.568. The van der Waals surface area contributed by atoms with Crippen LogP contribution in [0.15, 0.2) is 52.0 Å². The van der Waals surface area contributed by atoms with E-state index >= 15 is 0 Å². The molecule has 23 heavy (non-hydrogen) atoms. The Hall–Kier alpha value is -2.86. The summed E-state index contributed by atoms with van der Waals surface area (Å²) in [5, 5.41) is 11.1. The lowest BCUT2D eigenvalue weighted by molar-refractivity contribution is 0.0950. The predicted molar refractivity (Wildman–Crippen MR) is 87.5 cm³/mol. The highest BCUT2D eigenvalue weighted by Gasteiger charge is 2.08. The van der Waals surface area contributed by atoms with Gasteiger partial charge in [0.05, 0.1) is 6.21 Å². The van der Waals surface area contributed by atoms with E-state index < -0.39 is 5.91 Å². The van der Waals surface area contributed by atoms with E-state index in [2.05, 4.69) is 20.7 Å². The third-order valence-electron chi connectivity index (χ3n) is 3.05. The van der Waals surface area contributed by atoms with Crippen molar-refractivity contribution < 1.29 is 9.21 Å². The fraction of sp³-hybridized carbons (Fsp3) is 0.0625. The predicted octanol–water partition coefficient (Wildman–Crippen LogP) is 3.40. The second kappa shape index (κ2) is 6.50. The third-order valence-corrected chi connectivity index (χ3v) is 3.30. The maximum absolute atomic E-state index is 11.8. The van der Waals surface area contributed by atoms with Crippen LogP contribution in [0.4, 0.5) is 0 Å². The number of benzene rings is 1. The Balaban J connectivity index is 1.64. The van der Waals surface area contributed by atoms with Crippen molar-refractivity contribution in [2.45, 2.75) is 6.92 Å². The maximum Gasteiger partial charge on any atom is 0.291 e. The number of rotatable bonds is 4. The summed E-state index contributed by atoms with van der Waals surface area (Å²) in [6.07, 6.45) is 1.43. The standard InChI is InChI=1S/C16H13ClN4O2/c1-10-8-14(20-19-10)16(22)21-18-9-13-6-7-15(23-13)11-2-4-12(17)5-3-11/h2-9H,1H3,(H,19,20)(H,21,22)/b18-9-. The minimum absolute atomic E-state index is 0.279. The van der Waals surface area contributed by atoms with Crippen LogP contribution in [0.5, 0.6) is 0 Å². The van der Waals surface area contributed by atoms with Crippen LogP contribution in [-0.4, -0.2) is 22.3 Å². The van der Waals surface area contributed by atoms with E-state index in [1.807, 2.05) is 25.1 Å². The first kappa shape index (κ1) is 15.1. The average Bonchev–Trinajstić information content (AvgIpc) is 3.17. The fourth-order valence-corrected chi connectivity index (χ4v) is 2.06. The number of furan rings is 1. The Morgan fingerprint density at radius 3 is 2.78 bits per heavy atom. The molecule has 0 unspecified atom stereocenters. The van der Waals surface area contributed by atoms with Gasteiger partial charge < -0.3 is 4.42 Å². The summed E-state index contributed by atoms with van der Waals surface area (Å²) in [6, 6.07) is 12.5. The van der Waals surface area contributed by atoms with E-state index in [4.69, 9.17) is 16.0 Å². The topological polar surface area (TPSA) is 83.3 Å². The molecular formula is C16H13ClN4O2. The zero-order valence-electron chi connectivity index (χ0n) is 12.2. The molecule has 0 bridgehead atoms. The molecule has 0 spiro atoms. The number of hydrogen-bond donors (Lipinski definition) is 2. The largest absolute Gasteiger partial charge is 0.455 e. The van der Waals surface area contributed by atoms with Gasteiger partial charge in [0.25, 0.3) is 5.91 Å². The van der Waals surface area contributed by atoms with Gasteiger partial charge in [-0.2, -0.15) is 10.2 Å². The normalized spacial score (nSPS) is 11.0. The molecule has 1 aromatic carbocycles. The smallest absolute Gasteiger partial charge is 0.291 e. The minimum Gasteiger partial charge on any atom is -0.455 e. The summed E-state index contributed by atoms with van der Waals surface area (Å²) in [5.41, 5.74) is 4.38. The molecule has 116 valence electrons. The Morgan fingerprint density at radius 1 is 1.30 bits per heavy atom. The molecule has 0 radical (unpaired) electrons. The van der Waals surface area contributed by atoms with Gasteiger partial charge in [0.1, 0.15) is 11.5 Å². The number of carbonyl (C=O) groups is 1.